The molecule has 108 valence electrons. The number of hydrogen-bond donors (Lipinski definition) is 1. The van der Waals surface area contributed by atoms with Crippen LogP contribution in [0.2, 0.25) is 0 Å². The smallest absolute Gasteiger partial charge is 0.331 e. The molecule has 0 saturated carbocycles. The summed E-state index contributed by atoms with van der Waals surface area (Å²) in [5.41, 5.74) is 4.91. The van der Waals surface area contributed by atoms with Gasteiger partial charge in [-0.05, 0) is 13.3 Å². The molecule has 0 aliphatic rings. The second-order valence-corrected chi connectivity index (χ2v) is 4.07. The van der Waals surface area contributed by atoms with Crippen molar-refractivity contribution in [1.82, 2.24) is 9.13 Å². The first-order valence-corrected chi connectivity index (χ1v) is 6.28. The summed E-state index contributed by atoms with van der Waals surface area (Å²) in [6.45, 7) is 4.10. The molecule has 1 aromatic heterocycles. The molecule has 19 heavy (non-hydrogen) atoms. The van der Waals surface area contributed by atoms with Gasteiger partial charge in [-0.2, -0.15) is 0 Å². The molecule has 0 aromatic carbocycles. The van der Waals surface area contributed by atoms with Gasteiger partial charge in [0.05, 0.1) is 13.2 Å². The molecule has 0 radical (unpaired) electrons. The van der Waals surface area contributed by atoms with Crippen LogP contribution in [0.15, 0.2) is 15.8 Å². The van der Waals surface area contributed by atoms with Crippen LogP contribution in [0.3, 0.4) is 0 Å². The second-order valence-electron chi connectivity index (χ2n) is 4.07. The highest BCUT2D eigenvalue weighted by atomic mass is 16.5. The number of methoxy groups -OCH3 is 1. The fourth-order valence-electron chi connectivity index (χ4n) is 1.67. The Labute approximate surface area is 111 Å². The quantitative estimate of drug-likeness (QED) is 0.654. The van der Waals surface area contributed by atoms with Crippen LogP contribution in [0.5, 0.6) is 0 Å². The zero-order valence-corrected chi connectivity index (χ0v) is 11.4. The Morgan fingerprint density at radius 1 is 1.26 bits per heavy atom. The van der Waals surface area contributed by atoms with Gasteiger partial charge < -0.3 is 15.2 Å². The Kier molecular flexibility index (Phi) is 6.31. The molecule has 0 saturated heterocycles. The maximum absolute atomic E-state index is 11.9. The monoisotopic (exact) mass is 271 g/mol. The fourth-order valence-corrected chi connectivity index (χ4v) is 1.67. The van der Waals surface area contributed by atoms with Gasteiger partial charge in [0, 0.05) is 33.0 Å². The van der Waals surface area contributed by atoms with Crippen LogP contribution >= 0.6 is 0 Å². The molecule has 0 unspecified atom stereocenters. The van der Waals surface area contributed by atoms with Crippen LogP contribution in [0.1, 0.15) is 13.3 Å². The van der Waals surface area contributed by atoms with Gasteiger partial charge in [0.15, 0.2) is 0 Å². The topological polar surface area (TPSA) is 88.5 Å². The maximum Gasteiger partial charge on any atom is 0.331 e. The molecule has 0 bridgehead atoms. The molecular weight excluding hydrogens is 250 g/mol. The Hall–Kier alpha value is -1.60. The van der Waals surface area contributed by atoms with E-state index in [1.165, 1.54) is 10.8 Å². The molecule has 0 aliphatic carbocycles. The summed E-state index contributed by atoms with van der Waals surface area (Å²) in [5.74, 6) is 0. The summed E-state index contributed by atoms with van der Waals surface area (Å²) in [6.07, 6.45) is 1.96. The first-order valence-electron chi connectivity index (χ1n) is 6.28. The van der Waals surface area contributed by atoms with Gasteiger partial charge in [0.1, 0.15) is 5.69 Å². The molecule has 1 aromatic rings. The Morgan fingerprint density at radius 3 is 2.63 bits per heavy atom. The van der Waals surface area contributed by atoms with E-state index in [1.54, 1.807) is 7.11 Å². The number of aromatic nitrogens is 2. The van der Waals surface area contributed by atoms with Crippen molar-refractivity contribution in [2.45, 2.75) is 26.4 Å². The number of nitrogens with two attached hydrogens (primary N) is 1. The average molecular weight is 271 g/mol. The summed E-state index contributed by atoms with van der Waals surface area (Å²) in [4.78, 5) is 23.7. The Morgan fingerprint density at radius 2 is 2.00 bits per heavy atom. The zero-order chi connectivity index (χ0) is 14.3. The van der Waals surface area contributed by atoms with E-state index < -0.39 is 5.56 Å². The third-order valence-corrected chi connectivity index (χ3v) is 2.71. The standard InChI is InChI=1S/C12H21N3O4/c1-3-14-9-10(13)11(16)15(12(14)17)5-4-6-19-8-7-18-2/h9H,3-8,13H2,1-2H3. The third kappa shape index (κ3) is 4.22. The molecule has 0 aliphatic heterocycles. The van der Waals surface area contributed by atoms with E-state index in [0.29, 0.717) is 39.3 Å². The van der Waals surface area contributed by atoms with Crippen LogP contribution in [-0.4, -0.2) is 36.1 Å². The summed E-state index contributed by atoms with van der Waals surface area (Å²) in [6, 6.07) is 0. The molecule has 7 heteroatoms. The zero-order valence-electron chi connectivity index (χ0n) is 11.4. The highest BCUT2D eigenvalue weighted by molar-refractivity contribution is 5.30. The lowest BCUT2D eigenvalue weighted by Gasteiger charge is -2.10. The number of ether oxygens (including phenoxy) is 2. The van der Waals surface area contributed by atoms with Gasteiger partial charge in [-0.15, -0.1) is 0 Å². The fraction of sp³-hybridized carbons (Fsp3) is 0.667. The minimum absolute atomic E-state index is 0.0850. The highest BCUT2D eigenvalue weighted by Gasteiger charge is 2.07. The van der Waals surface area contributed by atoms with E-state index in [4.69, 9.17) is 15.2 Å². The maximum atomic E-state index is 11.9. The van der Waals surface area contributed by atoms with E-state index in [9.17, 15) is 9.59 Å². The van der Waals surface area contributed by atoms with Gasteiger partial charge >= 0.3 is 5.69 Å². The molecule has 1 heterocycles. The van der Waals surface area contributed by atoms with E-state index in [1.807, 2.05) is 6.92 Å². The molecule has 0 amide bonds. The number of nitrogen functional groups attached to an aromatic ring is 1. The van der Waals surface area contributed by atoms with E-state index in [2.05, 4.69) is 0 Å². The van der Waals surface area contributed by atoms with Crippen LogP contribution in [0, 0.1) is 0 Å². The molecule has 0 atom stereocenters. The molecule has 0 fully saturated rings. The third-order valence-electron chi connectivity index (χ3n) is 2.71. The SMILES string of the molecule is CCn1cc(N)c(=O)n(CCCOCCOC)c1=O. The van der Waals surface area contributed by atoms with Crippen molar-refractivity contribution in [1.29, 1.82) is 0 Å². The van der Waals surface area contributed by atoms with Gasteiger partial charge in [-0.25, -0.2) is 4.79 Å². The van der Waals surface area contributed by atoms with Crippen molar-refractivity contribution < 1.29 is 9.47 Å². The van der Waals surface area contributed by atoms with E-state index in [0.717, 1.165) is 4.57 Å². The lowest BCUT2D eigenvalue weighted by molar-refractivity contribution is 0.0678. The van der Waals surface area contributed by atoms with Crippen molar-refractivity contribution in [3.8, 4) is 0 Å². The molecule has 2 N–H and O–H groups in total. The predicted molar refractivity (Wildman–Crippen MR) is 72.4 cm³/mol. The van der Waals surface area contributed by atoms with Gasteiger partial charge in [-0.1, -0.05) is 0 Å². The highest BCUT2D eigenvalue weighted by Crippen LogP contribution is 1.92. The van der Waals surface area contributed by atoms with Crippen LogP contribution in [0.4, 0.5) is 5.69 Å². The number of aryl methyl sites for hydroxylation is 1. The summed E-state index contributed by atoms with van der Waals surface area (Å²) >= 11 is 0. The normalized spacial score (nSPS) is 10.8. The van der Waals surface area contributed by atoms with Crippen molar-refractivity contribution in [2.75, 3.05) is 32.7 Å². The number of rotatable bonds is 8. The number of nitrogens with zero attached hydrogens (tertiary/aromatic N) is 2. The lowest BCUT2D eigenvalue weighted by atomic mass is 10.4. The minimum atomic E-state index is -0.438. The molecule has 7 nitrogen and oxygen atoms in total. The average Bonchev–Trinajstić information content (AvgIpc) is 2.41. The van der Waals surface area contributed by atoms with Crippen molar-refractivity contribution in [3.63, 3.8) is 0 Å². The molecular formula is C12H21N3O4. The van der Waals surface area contributed by atoms with Crippen LogP contribution in [0.25, 0.3) is 0 Å². The van der Waals surface area contributed by atoms with Crippen molar-refractivity contribution in [3.05, 3.63) is 27.0 Å². The van der Waals surface area contributed by atoms with Gasteiger partial charge in [0.25, 0.3) is 5.56 Å². The lowest BCUT2D eigenvalue weighted by Crippen LogP contribution is -2.40. The minimum Gasteiger partial charge on any atom is -0.393 e. The largest absolute Gasteiger partial charge is 0.393 e. The molecule has 0 spiro atoms. The Balaban J connectivity index is 2.65. The first kappa shape index (κ1) is 15.5. The predicted octanol–water partition coefficient (Wildman–Crippen LogP) is -0.335. The van der Waals surface area contributed by atoms with Crippen molar-refractivity contribution >= 4 is 5.69 Å². The van der Waals surface area contributed by atoms with Crippen molar-refractivity contribution in [2.24, 2.45) is 0 Å². The first-order chi connectivity index (χ1) is 9.11. The summed E-state index contributed by atoms with van der Waals surface area (Å²) < 4.78 is 12.7. The summed E-state index contributed by atoms with van der Waals surface area (Å²) in [5, 5.41) is 0. The van der Waals surface area contributed by atoms with Gasteiger partial charge in [0.2, 0.25) is 0 Å². The van der Waals surface area contributed by atoms with Crippen LogP contribution in [-0.2, 0) is 22.6 Å². The van der Waals surface area contributed by atoms with E-state index >= 15 is 0 Å². The summed E-state index contributed by atoms with van der Waals surface area (Å²) in [7, 11) is 1.60. The van der Waals surface area contributed by atoms with Gasteiger partial charge in [-0.3, -0.25) is 13.9 Å². The second kappa shape index (κ2) is 7.75. The number of hydrogen-bond acceptors (Lipinski definition) is 5. The van der Waals surface area contributed by atoms with E-state index in [-0.39, 0.29) is 11.4 Å². The van der Waals surface area contributed by atoms with Crippen LogP contribution < -0.4 is 17.0 Å². The molecule has 1 rings (SSSR count). The number of anilines is 1. The Bertz CT molecular complexity index is 507.